The number of aryl methyl sites for hydroxylation is 1. The summed E-state index contributed by atoms with van der Waals surface area (Å²) in [6.07, 6.45) is 8.30. The number of primary amides is 1. The molecule has 1 saturated carbocycles. The van der Waals surface area contributed by atoms with Gasteiger partial charge in [0.2, 0.25) is 5.91 Å². The number of allylic oxidation sites excluding steroid dienone is 1. The van der Waals surface area contributed by atoms with Crippen molar-refractivity contribution in [2.75, 3.05) is 0 Å². The molecule has 34 heavy (non-hydrogen) atoms. The SMILES string of the molecule is NC(=O)c1ccc(F)c2c1CC(N[C@H](C1CCC1)[C@H]1CCc3[nH]c4ccc(F)cc4c3C1)=CO2. The minimum Gasteiger partial charge on any atom is -0.460 e. The average Bonchev–Trinajstić information content (AvgIpc) is 3.14. The van der Waals surface area contributed by atoms with Gasteiger partial charge in [-0.25, -0.2) is 8.78 Å². The highest BCUT2D eigenvalue weighted by Gasteiger charge is 2.37. The molecule has 0 spiro atoms. The highest BCUT2D eigenvalue weighted by molar-refractivity contribution is 5.95. The molecule has 1 aliphatic heterocycles. The number of amides is 1. The normalized spacial score (nSPS) is 20.5. The first kappa shape index (κ1) is 21.2. The molecule has 2 heterocycles. The summed E-state index contributed by atoms with van der Waals surface area (Å²) < 4.78 is 33.9. The van der Waals surface area contributed by atoms with E-state index in [1.54, 1.807) is 12.3 Å². The van der Waals surface area contributed by atoms with Crippen LogP contribution in [0.3, 0.4) is 0 Å². The van der Waals surface area contributed by atoms with Crippen molar-refractivity contribution >= 4 is 16.8 Å². The standard InChI is InChI=1S/C27H27F2N3O2/c28-16-5-9-24-20(11-16)19-10-15(4-8-23(19)32-24)25(14-2-1-3-14)31-17-12-21-18(27(30)33)6-7-22(29)26(21)34-13-17/h5-7,9,11,13-15,25,31-32H,1-4,8,10,12H2,(H2,30,33)/t15-,25+/m0/s1. The van der Waals surface area contributed by atoms with Gasteiger partial charge in [-0.05, 0) is 79.8 Å². The lowest BCUT2D eigenvalue weighted by molar-refractivity contribution is 0.0998. The minimum absolute atomic E-state index is 0.0742. The Morgan fingerprint density at radius 2 is 1.97 bits per heavy atom. The number of benzene rings is 2. The van der Waals surface area contributed by atoms with E-state index in [-0.39, 0.29) is 23.2 Å². The summed E-state index contributed by atoms with van der Waals surface area (Å²) in [5.41, 5.74) is 10.5. The molecule has 2 aliphatic carbocycles. The maximum absolute atomic E-state index is 14.3. The van der Waals surface area contributed by atoms with Gasteiger partial charge in [0.05, 0.1) is 5.70 Å². The van der Waals surface area contributed by atoms with E-state index in [9.17, 15) is 13.6 Å². The van der Waals surface area contributed by atoms with E-state index >= 15 is 0 Å². The Balaban J connectivity index is 1.28. The molecule has 7 heteroatoms. The number of carbonyl (C=O) groups excluding carboxylic acids is 1. The van der Waals surface area contributed by atoms with Crippen LogP contribution < -0.4 is 15.8 Å². The topological polar surface area (TPSA) is 80.1 Å². The zero-order chi connectivity index (χ0) is 23.4. The van der Waals surface area contributed by atoms with Crippen molar-refractivity contribution in [1.29, 1.82) is 0 Å². The van der Waals surface area contributed by atoms with Gasteiger partial charge in [0.15, 0.2) is 11.6 Å². The number of carbonyl (C=O) groups is 1. The second-order valence-electron chi connectivity index (χ2n) is 9.84. The number of hydrogen-bond acceptors (Lipinski definition) is 3. The molecule has 0 bridgehead atoms. The third kappa shape index (κ3) is 3.54. The van der Waals surface area contributed by atoms with Crippen LogP contribution >= 0.6 is 0 Å². The van der Waals surface area contributed by atoms with Crippen LogP contribution in [0.2, 0.25) is 0 Å². The van der Waals surface area contributed by atoms with Crippen LogP contribution in [-0.4, -0.2) is 16.9 Å². The zero-order valence-electron chi connectivity index (χ0n) is 18.8. The van der Waals surface area contributed by atoms with Crippen molar-refractivity contribution in [3.63, 3.8) is 0 Å². The molecule has 0 radical (unpaired) electrons. The Morgan fingerprint density at radius 1 is 1.12 bits per heavy atom. The molecule has 0 saturated heterocycles. The largest absolute Gasteiger partial charge is 0.460 e. The fourth-order valence-corrected chi connectivity index (χ4v) is 5.94. The molecular weight excluding hydrogens is 436 g/mol. The second-order valence-corrected chi connectivity index (χ2v) is 9.84. The molecule has 6 rings (SSSR count). The summed E-state index contributed by atoms with van der Waals surface area (Å²) in [6.45, 7) is 0. The molecule has 1 amide bonds. The Labute approximate surface area is 196 Å². The van der Waals surface area contributed by atoms with Crippen molar-refractivity contribution in [2.24, 2.45) is 17.6 Å². The number of H-pyrrole nitrogens is 1. The molecule has 2 aromatic carbocycles. The van der Waals surface area contributed by atoms with Crippen molar-refractivity contribution in [2.45, 2.75) is 51.0 Å². The average molecular weight is 464 g/mol. The Kier molecular flexibility index (Phi) is 5.08. The van der Waals surface area contributed by atoms with Gasteiger partial charge in [0.1, 0.15) is 12.1 Å². The molecule has 0 unspecified atom stereocenters. The van der Waals surface area contributed by atoms with Gasteiger partial charge in [0.25, 0.3) is 0 Å². The Bertz CT molecular complexity index is 1330. The predicted molar refractivity (Wildman–Crippen MR) is 125 cm³/mol. The number of aromatic amines is 1. The van der Waals surface area contributed by atoms with E-state index in [2.05, 4.69) is 10.3 Å². The number of halogens is 2. The number of nitrogens with two attached hydrogens (primary N) is 1. The third-order valence-corrected chi connectivity index (χ3v) is 7.87. The van der Waals surface area contributed by atoms with Crippen LogP contribution in [0.1, 0.15) is 52.9 Å². The predicted octanol–water partition coefficient (Wildman–Crippen LogP) is 4.88. The lowest BCUT2D eigenvalue weighted by Crippen LogP contribution is -2.47. The maximum Gasteiger partial charge on any atom is 0.249 e. The molecule has 176 valence electrons. The monoisotopic (exact) mass is 463 g/mol. The quantitative estimate of drug-likeness (QED) is 0.504. The van der Waals surface area contributed by atoms with Gasteiger partial charge >= 0.3 is 0 Å². The number of aromatic nitrogens is 1. The van der Waals surface area contributed by atoms with Crippen molar-refractivity contribution < 1.29 is 18.3 Å². The van der Waals surface area contributed by atoms with Gasteiger partial charge in [-0.15, -0.1) is 0 Å². The molecule has 5 nitrogen and oxygen atoms in total. The first-order valence-corrected chi connectivity index (χ1v) is 12.0. The lowest BCUT2D eigenvalue weighted by atomic mass is 9.70. The van der Waals surface area contributed by atoms with E-state index < -0.39 is 11.7 Å². The van der Waals surface area contributed by atoms with Crippen LogP contribution in [0.25, 0.3) is 10.9 Å². The molecule has 2 atom stereocenters. The summed E-state index contributed by atoms with van der Waals surface area (Å²) in [5, 5.41) is 4.69. The molecule has 1 fully saturated rings. The van der Waals surface area contributed by atoms with Gasteiger partial charge in [-0.1, -0.05) is 6.42 Å². The Hall–Kier alpha value is -3.35. The number of fused-ring (bicyclic) bond motifs is 4. The number of rotatable bonds is 5. The lowest BCUT2D eigenvalue weighted by Gasteiger charge is -2.42. The molecular formula is C27H27F2N3O2. The van der Waals surface area contributed by atoms with Crippen LogP contribution in [0.15, 0.2) is 42.3 Å². The zero-order valence-corrected chi connectivity index (χ0v) is 18.8. The minimum atomic E-state index is -0.594. The van der Waals surface area contributed by atoms with Gasteiger partial charge < -0.3 is 20.8 Å². The fourth-order valence-electron chi connectivity index (χ4n) is 5.94. The van der Waals surface area contributed by atoms with Crippen LogP contribution in [0.5, 0.6) is 5.75 Å². The highest BCUT2D eigenvalue weighted by Crippen LogP contribution is 2.41. The number of nitrogens with one attached hydrogen (secondary N) is 2. The van der Waals surface area contributed by atoms with Crippen LogP contribution in [0, 0.1) is 23.5 Å². The first-order chi connectivity index (χ1) is 16.5. The van der Waals surface area contributed by atoms with E-state index in [1.807, 2.05) is 6.07 Å². The summed E-state index contributed by atoms with van der Waals surface area (Å²) in [5.74, 6) is -0.319. The van der Waals surface area contributed by atoms with E-state index in [0.29, 0.717) is 23.8 Å². The smallest absolute Gasteiger partial charge is 0.249 e. The maximum atomic E-state index is 14.3. The fraction of sp³-hybridized carbons (Fsp3) is 0.370. The number of hydrogen-bond donors (Lipinski definition) is 3. The number of ether oxygens (including phenoxy) is 1. The van der Waals surface area contributed by atoms with E-state index in [4.69, 9.17) is 10.5 Å². The highest BCUT2D eigenvalue weighted by atomic mass is 19.1. The second kappa shape index (κ2) is 8.15. The summed E-state index contributed by atoms with van der Waals surface area (Å²) in [6, 6.07) is 7.81. The van der Waals surface area contributed by atoms with E-state index in [1.165, 1.54) is 35.9 Å². The molecule has 3 aromatic rings. The van der Waals surface area contributed by atoms with Gasteiger partial charge in [0, 0.05) is 40.2 Å². The van der Waals surface area contributed by atoms with Crippen LogP contribution in [0.4, 0.5) is 8.78 Å². The third-order valence-electron chi connectivity index (χ3n) is 7.87. The van der Waals surface area contributed by atoms with Crippen molar-refractivity contribution in [3.8, 4) is 5.75 Å². The van der Waals surface area contributed by atoms with Crippen LogP contribution in [-0.2, 0) is 19.3 Å². The Morgan fingerprint density at radius 3 is 2.74 bits per heavy atom. The van der Waals surface area contributed by atoms with Crippen molar-refractivity contribution in [3.05, 3.63) is 76.3 Å². The van der Waals surface area contributed by atoms with Crippen molar-refractivity contribution in [1.82, 2.24) is 10.3 Å². The molecule has 4 N–H and O–H groups in total. The summed E-state index contributed by atoms with van der Waals surface area (Å²) >= 11 is 0. The van der Waals surface area contributed by atoms with Gasteiger partial charge in [-0.3, -0.25) is 4.79 Å². The first-order valence-electron chi connectivity index (χ1n) is 12.0. The molecule has 3 aliphatic rings. The summed E-state index contributed by atoms with van der Waals surface area (Å²) in [4.78, 5) is 15.4. The van der Waals surface area contributed by atoms with Gasteiger partial charge in [-0.2, -0.15) is 0 Å². The summed E-state index contributed by atoms with van der Waals surface area (Å²) in [7, 11) is 0. The van der Waals surface area contributed by atoms with E-state index in [0.717, 1.165) is 48.7 Å². The molecule has 1 aromatic heterocycles.